The number of fused-ring (bicyclic) bond motifs is 2. The molecule has 2 atom stereocenters. The fourth-order valence-corrected chi connectivity index (χ4v) is 6.21. The summed E-state index contributed by atoms with van der Waals surface area (Å²) < 4.78 is 5.92. The lowest BCUT2D eigenvalue weighted by molar-refractivity contribution is -0.131. The zero-order valence-electron chi connectivity index (χ0n) is 17.3. The molecule has 0 fully saturated rings. The first-order chi connectivity index (χ1) is 14.6. The highest BCUT2D eigenvalue weighted by Crippen LogP contribution is 2.37. The van der Waals surface area contributed by atoms with Gasteiger partial charge in [-0.2, -0.15) is 0 Å². The molecule has 156 valence electrons. The summed E-state index contributed by atoms with van der Waals surface area (Å²) in [6.45, 7) is 5.66. The fourth-order valence-electron chi connectivity index (χ4n) is 4.31. The molecule has 1 aliphatic heterocycles. The van der Waals surface area contributed by atoms with E-state index in [9.17, 15) is 4.79 Å². The maximum Gasteiger partial charge on any atom is 0.277 e. The zero-order valence-corrected chi connectivity index (χ0v) is 18.9. The number of hydrogen-bond acceptors (Lipinski definition) is 6. The van der Waals surface area contributed by atoms with Crippen LogP contribution in [0.1, 0.15) is 41.8 Å². The molecule has 5 nitrogen and oxygen atoms in total. The summed E-state index contributed by atoms with van der Waals surface area (Å²) in [5, 5.41) is 8.65. The Labute approximate surface area is 184 Å². The highest BCUT2D eigenvalue weighted by molar-refractivity contribution is 8.00. The summed E-state index contributed by atoms with van der Waals surface area (Å²) in [4.78, 5) is 17.4. The van der Waals surface area contributed by atoms with E-state index in [0.29, 0.717) is 17.7 Å². The molecule has 30 heavy (non-hydrogen) atoms. The molecular formula is C23H25N3O2S2. The van der Waals surface area contributed by atoms with Crippen LogP contribution in [-0.4, -0.2) is 32.8 Å². The van der Waals surface area contributed by atoms with Gasteiger partial charge in [-0.1, -0.05) is 43.0 Å². The van der Waals surface area contributed by atoms with E-state index < -0.39 is 0 Å². The molecule has 2 aliphatic rings. The van der Waals surface area contributed by atoms with Crippen LogP contribution in [0.4, 0.5) is 0 Å². The summed E-state index contributed by atoms with van der Waals surface area (Å²) in [6.07, 6.45) is 4.43. The van der Waals surface area contributed by atoms with Crippen molar-refractivity contribution in [2.24, 2.45) is 5.92 Å². The largest absolute Gasteiger partial charge is 0.410 e. The molecule has 0 radical (unpaired) electrons. The molecule has 0 N–H and O–H groups in total. The third-order valence-electron chi connectivity index (χ3n) is 6.01. The monoisotopic (exact) mass is 439 g/mol. The van der Waals surface area contributed by atoms with Crippen molar-refractivity contribution in [1.29, 1.82) is 0 Å². The van der Waals surface area contributed by atoms with Crippen molar-refractivity contribution in [3.8, 4) is 10.8 Å². The van der Waals surface area contributed by atoms with Crippen LogP contribution in [0.5, 0.6) is 0 Å². The van der Waals surface area contributed by atoms with Gasteiger partial charge in [-0.05, 0) is 61.3 Å². The van der Waals surface area contributed by atoms with E-state index in [2.05, 4.69) is 41.4 Å². The van der Waals surface area contributed by atoms with Gasteiger partial charge in [-0.3, -0.25) is 4.79 Å². The summed E-state index contributed by atoms with van der Waals surface area (Å²) in [7, 11) is 0. The van der Waals surface area contributed by atoms with E-state index in [0.717, 1.165) is 36.6 Å². The molecule has 2 unspecified atom stereocenters. The van der Waals surface area contributed by atoms with Gasteiger partial charge >= 0.3 is 0 Å². The Kier molecular flexibility index (Phi) is 5.41. The topological polar surface area (TPSA) is 59.2 Å². The van der Waals surface area contributed by atoms with Gasteiger partial charge in [0.05, 0.1) is 10.1 Å². The number of thiophene rings is 1. The SMILES string of the molecule is CC1CCc2sc(-c3nnc(SC(C)C(=O)N4CCc5ccccc5C4)o3)cc2C1. The number of benzene rings is 1. The van der Waals surface area contributed by atoms with E-state index in [4.69, 9.17) is 4.42 Å². The predicted molar refractivity (Wildman–Crippen MR) is 120 cm³/mol. The first-order valence-electron chi connectivity index (χ1n) is 10.5. The predicted octanol–water partition coefficient (Wildman–Crippen LogP) is 4.99. The third-order valence-corrected chi connectivity index (χ3v) is 8.16. The Balaban J connectivity index is 1.25. The Morgan fingerprint density at radius 3 is 2.93 bits per heavy atom. The second kappa shape index (κ2) is 8.19. The Bertz CT molecular complexity index is 1070. The van der Waals surface area contributed by atoms with Crippen LogP contribution in [0, 0.1) is 5.92 Å². The number of carbonyl (C=O) groups is 1. The smallest absolute Gasteiger partial charge is 0.277 e. The van der Waals surface area contributed by atoms with Gasteiger partial charge in [-0.25, -0.2) is 0 Å². The molecule has 3 heterocycles. The molecule has 0 spiro atoms. The average molecular weight is 440 g/mol. The molecule has 7 heteroatoms. The van der Waals surface area contributed by atoms with Crippen molar-refractivity contribution in [3.05, 3.63) is 51.9 Å². The van der Waals surface area contributed by atoms with Crippen LogP contribution in [-0.2, 0) is 30.6 Å². The van der Waals surface area contributed by atoms with Gasteiger partial charge in [0.2, 0.25) is 5.91 Å². The lowest BCUT2D eigenvalue weighted by atomic mass is 9.90. The van der Waals surface area contributed by atoms with Gasteiger partial charge in [0.15, 0.2) is 0 Å². The summed E-state index contributed by atoms with van der Waals surface area (Å²) in [6, 6.07) is 10.6. The van der Waals surface area contributed by atoms with Crippen LogP contribution in [0.3, 0.4) is 0 Å². The first-order valence-corrected chi connectivity index (χ1v) is 12.2. The number of aromatic nitrogens is 2. The third kappa shape index (κ3) is 3.93. The van der Waals surface area contributed by atoms with Crippen molar-refractivity contribution in [2.45, 2.75) is 56.5 Å². The molecule has 3 aromatic rings. The van der Waals surface area contributed by atoms with Gasteiger partial charge in [0, 0.05) is 18.0 Å². The average Bonchev–Trinajstić information content (AvgIpc) is 3.39. The summed E-state index contributed by atoms with van der Waals surface area (Å²) in [5.41, 5.74) is 4.01. The quantitative estimate of drug-likeness (QED) is 0.536. The Hall–Kier alpha value is -2.12. The van der Waals surface area contributed by atoms with E-state index in [1.165, 1.54) is 39.8 Å². The van der Waals surface area contributed by atoms with E-state index in [-0.39, 0.29) is 11.2 Å². The van der Waals surface area contributed by atoms with Crippen molar-refractivity contribution >= 4 is 29.0 Å². The molecule has 0 saturated carbocycles. The minimum atomic E-state index is -0.263. The Morgan fingerprint density at radius 1 is 1.23 bits per heavy atom. The van der Waals surface area contributed by atoms with Crippen LogP contribution in [0.2, 0.25) is 0 Å². The standard InChI is InChI=1S/C23H25N3O2S2/c1-14-7-8-19-18(11-14)12-20(30-19)21-24-25-23(28-21)29-15(2)22(27)26-10-9-16-5-3-4-6-17(16)13-26/h3-6,12,14-15H,7-11,13H2,1-2H3. The minimum absolute atomic E-state index is 0.120. The number of thioether (sulfide) groups is 1. The van der Waals surface area contributed by atoms with E-state index in [1.54, 1.807) is 11.3 Å². The number of amides is 1. The number of aryl methyl sites for hydroxylation is 1. The summed E-state index contributed by atoms with van der Waals surface area (Å²) in [5.74, 6) is 1.42. The maximum absolute atomic E-state index is 13.0. The molecule has 2 aromatic heterocycles. The number of carbonyl (C=O) groups excluding carboxylic acids is 1. The van der Waals surface area contributed by atoms with Crippen LogP contribution in [0.15, 0.2) is 40.0 Å². The zero-order chi connectivity index (χ0) is 20.7. The Morgan fingerprint density at radius 2 is 2.07 bits per heavy atom. The lowest BCUT2D eigenvalue weighted by Gasteiger charge is -2.30. The number of nitrogens with zero attached hydrogens (tertiary/aromatic N) is 3. The molecule has 1 aromatic carbocycles. The highest BCUT2D eigenvalue weighted by atomic mass is 32.2. The van der Waals surface area contributed by atoms with Gasteiger partial charge in [0.25, 0.3) is 11.1 Å². The lowest BCUT2D eigenvalue weighted by Crippen LogP contribution is -2.40. The van der Waals surface area contributed by atoms with Crippen LogP contribution in [0.25, 0.3) is 10.8 Å². The van der Waals surface area contributed by atoms with Gasteiger partial charge < -0.3 is 9.32 Å². The van der Waals surface area contributed by atoms with E-state index >= 15 is 0 Å². The number of hydrogen-bond donors (Lipinski definition) is 0. The van der Waals surface area contributed by atoms with Gasteiger partial charge in [-0.15, -0.1) is 21.5 Å². The second-order valence-electron chi connectivity index (χ2n) is 8.32. The van der Waals surface area contributed by atoms with Crippen molar-refractivity contribution in [2.75, 3.05) is 6.54 Å². The molecule has 0 saturated heterocycles. The molecule has 0 bridgehead atoms. The molecule has 1 aliphatic carbocycles. The van der Waals surface area contributed by atoms with Crippen LogP contribution < -0.4 is 0 Å². The first kappa shape index (κ1) is 19.8. The van der Waals surface area contributed by atoms with Crippen LogP contribution >= 0.6 is 23.1 Å². The van der Waals surface area contributed by atoms with Gasteiger partial charge in [0.1, 0.15) is 0 Å². The minimum Gasteiger partial charge on any atom is -0.410 e. The second-order valence-corrected chi connectivity index (χ2v) is 10.7. The van der Waals surface area contributed by atoms with Crippen molar-refractivity contribution in [3.63, 3.8) is 0 Å². The normalized spacial score (nSPS) is 19.3. The molecule has 1 amide bonds. The molecular weight excluding hydrogens is 414 g/mol. The maximum atomic E-state index is 13.0. The number of rotatable bonds is 4. The highest BCUT2D eigenvalue weighted by Gasteiger charge is 2.27. The molecule has 5 rings (SSSR count). The van der Waals surface area contributed by atoms with Crippen molar-refractivity contribution in [1.82, 2.24) is 15.1 Å². The van der Waals surface area contributed by atoms with Crippen molar-refractivity contribution < 1.29 is 9.21 Å². The fraction of sp³-hybridized carbons (Fsp3) is 0.435. The summed E-state index contributed by atoms with van der Waals surface area (Å²) >= 11 is 3.12. The van der Waals surface area contributed by atoms with E-state index in [1.807, 2.05) is 17.9 Å².